The molecule has 0 spiro atoms. The zero-order valence-corrected chi connectivity index (χ0v) is 12.8. The summed E-state index contributed by atoms with van der Waals surface area (Å²) in [7, 11) is 1.56. The van der Waals surface area contributed by atoms with Gasteiger partial charge in [0.15, 0.2) is 0 Å². The maximum absolute atomic E-state index is 12.9. The monoisotopic (exact) mass is 327 g/mol. The first-order chi connectivity index (χ1) is 11.6. The fraction of sp³-hybridized carbons (Fsp3) is 0.118. The number of nitrogens with zero attached hydrogens (tertiary/aromatic N) is 2. The number of ether oxygens (including phenoxy) is 1. The molecule has 0 saturated carbocycles. The number of anilines is 1. The predicted molar refractivity (Wildman–Crippen MR) is 85.0 cm³/mol. The number of carbonyl (C=O) groups excluding carboxylic acids is 1. The second-order valence-electron chi connectivity index (χ2n) is 5.00. The Kier molecular flexibility index (Phi) is 4.51. The third-order valence-corrected chi connectivity index (χ3v) is 3.26. The molecule has 0 aliphatic rings. The SMILES string of the molecule is COc1cccc(CC(=O)Nc2nnc(-c3ccc(F)cc3)o2)c1. The molecule has 3 aromatic rings. The molecule has 0 aliphatic heterocycles. The summed E-state index contributed by atoms with van der Waals surface area (Å²) in [5.74, 6) is 0.228. The van der Waals surface area contributed by atoms with E-state index in [1.165, 1.54) is 24.3 Å². The Morgan fingerprint density at radius 1 is 1.21 bits per heavy atom. The highest BCUT2D eigenvalue weighted by molar-refractivity contribution is 5.90. The van der Waals surface area contributed by atoms with Crippen LogP contribution in [0.3, 0.4) is 0 Å². The van der Waals surface area contributed by atoms with Crippen LogP contribution in [0.2, 0.25) is 0 Å². The number of nitrogens with one attached hydrogen (secondary N) is 1. The van der Waals surface area contributed by atoms with E-state index in [9.17, 15) is 9.18 Å². The molecule has 0 bridgehead atoms. The van der Waals surface area contributed by atoms with Crippen molar-refractivity contribution >= 4 is 11.9 Å². The number of hydrogen-bond acceptors (Lipinski definition) is 5. The molecule has 122 valence electrons. The standard InChI is InChI=1S/C17H14FN3O3/c1-23-14-4-2-3-11(9-14)10-15(22)19-17-21-20-16(24-17)12-5-7-13(18)8-6-12/h2-9H,10H2,1H3,(H,19,21,22). The topological polar surface area (TPSA) is 77.2 Å². The minimum absolute atomic E-state index is 0.0118. The Labute approximate surface area is 137 Å². The lowest BCUT2D eigenvalue weighted by molar-refractivity contribution is -0.115. The summed E-state index contributed by atoms with van der Waals surface area (Å²) in [5.41, 5.74) is 1.36. The van der Waals surface area contributed by atoms with Gasteiger partial charge in [-0.3, -0.25) is 10.1 Å². The van der Waals surface area contributed by atoms with Gasteiger partial charge >= 0.3 is 6.01 Å². The third kappa shape index (κ3) is 3.75. The highest BCUT2D eigenvalue weighted by Gasteiger charge is 2.12. The Morgan fingerprint density at radius 2 is 2.00 bits per heavy atom. The van der Waals surface area contributed by atoms with Crippen LogP contribution in [-0.2, 0) is 11.2 Å². The van der Waals surface area contributed by atoms with E-state index in [0.717, 1.165) is 5.56 Å². The summed E-state index contributed by atoms with van der Waals surface area (Å²) in [4.78, 5) is 12.0. The third-order valence-electron chi connectivity index (χ3n) is 3.26. The minimum Gasteiger partial charge on any atom is -0.497 e. The van der Waals surface area contributed by atoms with Crippen molar-refractivity contribution in [2.45, 2.75) is 6.42 Å². The molecule has 0 radical (unpaired) electrons. The van der Waals surface area contributed by atoms with Crippen LogP contribution < -0.4 is 10.1 Å². The molecule has 0 unspecified atom stereocenters. The lowest BCUT2D eigenvalue weighted by Gasteiger charge is -2.03. The molecule has 2 aromatic carbocycles. The molecule has 6 nitrogen and oxygen atoms in total. The average Bonchev–Trinajstić information content (AvgIpc) is 3.04. The van der Waals surface area contributed by atoms with Crippen LogP contribution in [0, 0.1) is 5.82 Å². The van der Waals surface area contributed by atoms with E-state index in [4.69, 9.17) is 9.15 Å². The molecule has 7 heteroatoms. The van der Waals surface area contributed by atoms with Crippen LogP contribution >= 0.6 is 0 Å². The van der Waals surface area contributed by atoms with E-state index in [1.807, 2.05) is 6.07 Å². The number of aromatic nitrogens is 2. The second kappa shape index (κ2) is 6.91. The quantitative estimate of drug-likeness (QED) is 0.779. The van der Waals surface area contributed by atoms with Gasteiger partial charge in [0.05, 0.1) is 13.5 Å². The first-order valence-electron chi connectivity index (χ1n) is 7.16. The van der Waals surface area contributed by atoms with Gasteiger partial charge in [-0.25, -0.2) is 4.39 Å². The summed E-state index contributed by atoms with van der Waals surface area (Å²) in [6.07, 6.45) is 0.144. The van der Waals surface area contributed by atoms with Crippen molar-refractivity contribution in [1.82, 2.24) is 10.2 Å². The Morgan fingerprint density at radius 3 is 2.75 bits per heavy atom. The second-order valence-corrected chi connectivity index (χ2v) is 5.00. The summed E-state index contributed by atoms with van der Waals surface area (Å²) in [6, 6.07) is 12.8. The van der Waals surface area contributed by atoms with Crippen molar-refractivity contribution in [1.29, 1.82) is 0 Å². The van der Waals surface area contributed by atoms with Crippen molar-refractivity contribution in [2.75, 3.05) is 12.4 Å². The molecule has 24 heavy (non-hydrogen) atoms. The van der Waals surface area contributed by atoms with E-state index in [0.29, 0.717) is 11.3 Å². The maximum atomic E-state index is 12.9. The number of rotatable bonds is 5. The lowest BCUT2D eigenvalue weighted by Crippen LogP contribution is -2.14. The predicted octanol–water partition coefficient (Wildman–Crippen LogP) is 3.07. The van der Waals surface area contributed by atoms with Gasteiger partial charge in [0.2, 0.25) is 11.8 Å². The van der Waals surface area contributed by atoms with Crippen molar-refractivity contribution in [3.8, 4) is 17.2 Å². The van der Waals surface area contributed by atoms with Gasteiger partial charge in [-0.2, -0.15) is 0 Å². The van der Waals surface area contributed by atoms with Crippen molar-refractivity contribution in [2.24, 2.45) is 0 Å². The van der Waals surface area contributed by atoms with E-state index in [-0.39, 0.29) is 30.1 Å². The summed E-state index contributed by atoms with van der Waals surface area (Å²) in [6.45, 7) is 0. The van der Waals surface area contributed by atoms with Gasteiger partial charge in [0.1, 0.15) is 11.6 Å². The van der Waals surface area contributed by atoms with Crippen LogP contribution in [-0.4, -0.2) is 23.2 Å². The van der Waals surface area contributed by atoms with Crippen LogP contribution in [0.1, 0.15) is 5.56 Å². The first kappa shape index (κ1) is 15.7. The Bertz CT molecular complexity index is 846. The summed E-state index contributed by atoms with van der Waals surface area (Å²) in [5, 5.41) is 10.1. The summed E-state index contributed by atoms with van der Waals surface area (Å²) < 4.78 is 23.4. The Hall–Kier alpha value is -3.22. The molecule has 0 aliphatic carbocycles. The number of carbonyl (C=O) groups is 1. The molecular formula is C17H14FN3O3. The molecule has 0 atom stereocenters. The van der Waals surface area contributed by atoms with Crippen LogP contribution in [0.15, 0.2) is 52.9 Å². The van der Waals surface area contributed by atoms with Crippen molar-refractivity contribution in [3.05, 3.63) is 59.9 Å². The van der Waals surface area contributed by atoms with Gasteiger partial charge in [0.25, 0.3) is 0 Å². The normalized spacial score (nSPS) is 10.4. The average molecular weight is 327 g/mol. The number of halogens is 1. The molecule has 1 N–H and O–H groups in total. The molecular weight excluding hydrogens is 313 g/mol. The van der Waals surface area contributed by atoms with Gasteiger partial charge in [-0.15, -0.1) is 5.10 Å². The molecule has 0 fully saturated rings. The highest BCUT2D eigenvalue weighted by atomic mass is 19.1. The maximum Gasteiger partial charge on any atom is 0.322 e. The fourth-order valence-electron chi connectivity index (χ4n) is 2.11. The van der Waals surface area contributed by atoms with E-state index in [2.05, 4.69) is 15.5 Å². The van der Waals surface area contributed by atoms with Gasteiger partial charge in [-0.05, 0) is 42.0 Å². The number of hydrogen-bond donors (Lipinski definition) is 1. The molecule has 3 rings (SSSR count). The van der Waals surface area contributed by atoms with Crippen LogP contribution in [0.4, 0.5) is 10.4 Å². The lowest BCUT2D eigenvalue weighted by atomic mass is 10.1. The summed E-state index contributed by atoms with van der Waals surface area (Å²) >= 11 is 0. The zero-order chi connectivity index (χ0) is 16.9. The van der Waals surface area contributed by atoms with Crippen molar-refractivity contribution < 1.29 is 18.3 Å². The fourth-order valence-corrected chi connectivity index (χ4v) is 2.11. The minimum atomic E-state index is -0.356. The molecule has 1 heterocycles. The highest BCUT2D eigenvalue weighted by Crippen LogP contribution is 2.20. The van der Waals surface area contributed by atoms with Crippen LogP contribution in [0.25, 0.3) is 11.5 Å². The van der Waals surface area contributed by atoms with E-state index < -0.39 is 0 Å². The molecule has 1 amide bonds. The van der Waals surface area contributed by atoms with Gasteiger partial charge in [0, 0.05) is 5.56 Å². The number of benzene rings is 2. The zero-order valence-electron chi connectivity index (χ0n) is 12.8. The number of amides is 1. The Balaban J connectivity index is 1.65. The smallest absolute Gasteiger partial charge is 0.322 e. The number of methoxy groups -OCH3 is 1. The largest absolute Gasteiger partial charge is 0.497 e. The molecule has 0 saturated heterocycles. The van der Waals surface area contributed by atoms with Gasteiger partial charge in [-0.1, -0.05) is 17.2 Å². The molecule has 1 aromatic heterocycles. The van der Waals surface area contributed by atoms with E-state index >= 15 is 0 Å². The van der Waals surface area contributed by atoms with Crippen LogP contribution in [0.5, 0.6) is 5.75 Å². The van der Waals surface area contributed by atoms with Gasteiger partial charge < -0.3 is 9.15 Å². The van der Waals surface area contributed by atoms with E-state index in [1.54, 1.807) is 25.3 Å². The van der Waals surface area contributed by atoms with Crippen molar-refractivity contribution in [3.63, 3.8) is 0 Å². The first-order valence-corrected chi connectivity index (χ1v) is 7.16.